The molecule has 0 aliphatic carbocycles. The lowest BCUT2D eigenvalue weighted by Gasteiger charge is -2.30. The summed E-state index contributed by atoms with van der Waals surface area (Å²) in [6.45, 7) is 0.964. The average molecular weight is 474 g/mol. The summed E-state index contributed by atoms with van der Waals surface area (Å²) >= 11 is 1.58. The van der Waals surface area contributed by atoms with Crippen LogP contribution in [0.3, 0.4) is 0 Å². The maximum absolute atomic E-state index is 13.4. The Balaban J connectivity index is 1.25. The van der Waals surface area contributed by atoms with Gasteiger partial charge in [0, 0.05) is 42.9 Å². The first-order valence-electron chi connectivity index (χ1n) is 10.5. The van der Waals surface area contributed by atoms with Crippen molar-refractivity contribution in [3.05, 3.63) is 71.5 Å². The van der Waals surface area contributed by atoms with Crippen molar-refractivity contribution in [2.45, 2.75) is 24.2 Å². The van der Waals surface area contributed by atoms with E-state index in [4.69, 9.17) is 0 Å². The van der Waals surface area contributed by atoms with E-state index in [2.05, 4.69) is 10.3 Å². The lowest BCUT2D eigenvalue weighted by molar-refractivity contribution is -0.126. The summed E-state index contributed by atoms with van der Waals surface area (Å²) in [6, 6.07) is 15.0. The van der Waals surface area contributed by atoms with Crippen LogP contribution in [0.2, 0.25) is 0 Å². The number of thiazole rings is 1. The Kier molecular flexibility index (Phi) is 6.98. The number of hydrogen-bond donors (Lipinski definition) is 1. The molecule has 0 spiro atoms. The van der Waals surface area contributed by atoms with Gasteiger partial charge in [0.05, 0.1) is 10.6 Å². The molecule has 9 heteroatoms. The number of carbonyl (C=O) groups is 1. The molecule has 0 unspecified atom stereocenters. The van der Waals surface area contributed by atoms with Crippen molar-refractivity contribution >= 4 is 27.3 Å². The number of hydrogen-bond acceptors (Lipinski definition) is 5. The summed E-state index contributed by atoms with van der Waals surface area (Å²) in [7, 11) is -3.75. The zero-order valence-electron chi connectivity index (χ0n) is 17.4. The molecule has 1 aromatic heterocycles. The standard InChI is InChI=1S/C23H24FN3O3S2/c24-19-7-4-8-21(15-19)32(29,30)27-13-10-17(11-14-27)22(28)25-12-9-20-16-31-23(26-20)18-5-2-1-3-6-18/h1-8,15-17H,9-14H2,(H,25,28). The molecule has 1 aliphatic heterocycles. The molecule has 0 saturated carbocycles. The van der Waals surface area contributed by atoms with Crippen LogP contribution >= 0.6 is 11.3 Å². The number of carbonyl (C=O) groups excluding carboxylic acids is 1. The fourth-order valence-corrected chi connectivity index (χ4v) is 6.09. The molecule has 1 aliphatic rings. The summed E-state index contributed by atoms with van der Waals surface area (Å²) in [5.74, 6) is -0.882. The van der Waals surface area contributed by atoms with Crippen molar-refractivity contribution in [3.8, 4) is 10.6 Å². The molecule has 32 heavy (non-hydrogen) atoms. The molecule has 168 valence electrons. The molecule has 1 amide bonds. The zero-order valence-corrected chi connectivity index (χ0v) is 19.0. The van der Waals surface area contributed by atoms with Crippen LogP contribution in [0.15, 0.2) is 64.9 Å². The van der Waals surface area contributed by atoms with E-state index in [9.17, 15) is 17.6 Å². The summed E-state index contributed by atoms with van der Waals surface area (Å²) in [5, 5.41) is 5.91. The van der Waals surface area contributed by atoms with Gasteiger partial charge in [0.15, 0.2) is 0 Å². The van der Waals surface area contributed by atoms with Crippen molar-refractivity contribution in [1.29, 1.82) is 0 Å². The van der Waals surface area contributed by atoms with Gasteiger partial charge in [-0.05, 0) is 31.0 Å². The Morgan fingerprint density at radius 1 is 1.12 bits per heavy atom. The highest BCUT2D eigenvalue weighted by molar-refractivity contribution is 7.89. The molecular formula is C23H24FN3O3S2. The molecule has 0 bridgehead atoms. The van der Waals surface area contributed by atoms with Gasteiger partial charge in [-0.1, -0.05) is 36.4 Å². The summed E-state index contributed by atoms with van der Waals surface area (Å²) in [6.07, 6.45) is 1.52. The molecule has 3 aromatic rings. The van der Waals surface area contributed by atoms with Crippen LogP contribution in [-0.2, 0) is 21.2 Å². The Bertz CT molecular complexity index is 1170. The normalized spacial score (nSPS) is 15.5. The molecule has 0 radical (unpaired) electrons. The maximum atomic E-state index is 13.4. The third kappa shape index (κ3) is 5.23. The van der Waals surface area contributed by atoms with Crippen LogP contribution in [0, 0.1) is 11.7 Å². The highest BCUT2D eigenvalue weighted by Gasteiger charge is 2.32. The molecule has 6 nitrogen and oxygen atoms in total. The van der Waals surface area contributed by atoms with Crippen molar-refractivity contribution in [2.24, 2.45) is 5.92 Å². The summed E-state index contributed by atoms with van der Waals surface area (Å²) in [5.41, 5.74) is 2.01. The first-order chi connectivity index (χ1) is 15.4. The van der Waals surface area contributed by atoms with Gasteiger partial charge in [-0.2, -0.15) is 4.31 Å². The predicted molar refractivity (Wildman–Crippen MR) is 122 cm³/mol. The second kappa shape index (κ2) is 9.89. The van der Waals surface area contributed by atoms with E-state index in [0.29, 0.717) is 25.8 Å². The second-order valence-electron chi connectivity index (χ2n) is 7.69. The van der Waals surface area contributed by atoms with Crippen LogP contribution in [0.5, 0.6) is 0 Å². The average Bonchev–Trinajstić information content (AvgIpc) is 3.29. The third-order valence-corrected chi connectivity index (χ3v) is 8.35. The number of aromatic nitrogens is 1. The Hall–Kier alpha value is -2.62. The van der Waals surface area contributed by atoms with E-state index >= 15 is 0 Å². The Morgan fingerprint density at radius 2 is 1.88 bits per heavy atom. The monoisotopic (exact) mass is 473 g/mol. The van der Waals surface area contributed by atoms with Gasteiger partial charge in [-0.25, -0.2) is 17.8 Å². The van der Waals surface area contributed by atoms with Crippen LogP contribution in [0.1, 0.15) is 18.5 Å². The minimum Gasteiger partial charge on any atom is -0.355 e. The number of piperidine rings is 1. The minimum absolute atomic E-state index is 0.0569. The van der Waals surface area contributed by atoms with Crippen molar-refractivity contribution in [3.63, 3.8) is 0 Å². The van der Waals surface area contributed by atoms with Gasteiger partial charge in [-0.3, -0.25) is 4.79 Å². The van der Waals surface area contributed by atoms with Crippen molar-refractivity contribution < 1.29 is 17.6 Å². The lowest BCUT2D eigenvalue weighted by Crippen LogP contribution is -2.43. The van der Waals surface area contributed by atoms with Gasteiger partial charge in [-0.15, -0.1) is 11.3 Å². The van der Waals surface area contributed by atoms with Gasteiger partial charge in [0.25, 0.3) is 0 Å². The van der Waals surface area contributed by atoms with E-state index in [0.717, 1.165) is 22.3 Å². The molecule has 2 aromatic carbocycles. The predicted octanol–water partition coefficient (Wildman–Crippen LogP) is 3.71. The summed E-state index contributed by atoms with van der Waals surface area (Å²) in [4.78, 5) is 17.1. The van der Waals surface area contributed by atoms with Gasteiger partial charge < -0.3 is 5.32 Å². The Morgan fingerprint density at radius 3 is 2.59 bits per heavy atom. The van der Waals surface area contributed by atoms with E-state index in [1.165, 1.54) is 22.5 Å². The first kappa shape index (κ1) is 22.6. The van der Waals surface area contributed by atoms with Gasteiger partial charge >= 0.3 is 0 Å². The fraction of sp³-hybridized carbons (Fsp3) is 0.304. The number of benzene rings is 2. The van der Waals surface area contributed by atoms with Crippen LogP contribution in [0.4, 0.5) is 4.39 Å². The number of rotatable bonds is 7. The number of nitrogens with zero attached hydrogens (tertiary/aromatic N) is 2. The van der Waals surface area contributed by atoms with E-state index in [-0.39, 0.29) is 29.8 Å². The first-order valence-corrected chi connectivity index (χ1v) is 12.8. The van der Waals surface area contributed by atoms with E-state index < -0.39 is 15.8 Å². The van der Waals surface area contributed by atoms with E-state index in [1.807, 2.05) is 35.7 Å². The number of halogens is 1. The quantitative estimate of drug-likeness (QED) is 0.567. The maximum Gasteiger partial charge on any atom is 0.243 e. The third-order valence-electron chi connectivity index (χ3n) is 5.51. The summed E-state index contributed by atoms with van der Waals surface area (Å²) < 4.78 is 40.2. The fourth-order valence-electron chi connectivity index (χ4n) is 3.73. The molecule has 1 N–H and O–H groups in total. The zero-order chi connectivity index (χ0) is 22.6. The SMILES string of the molecule is O=C(NCCc1csc(-c2ccccc2)n1)C1CCN(S(=O)(=O)c2cccc(F)c2)CC1. The molecule has 1 fully saturated rings. The number of amides is 1. The van der Waals surface area contributed by atoms with Crippen molar-refractivity contribution in [1.82, 2.24) is 14.6 Å². The molecular weight excluding hydrogens is 449 g/mol. The molecule has 0 atom stereocenters. The van der Waals surface area contributed by atoms with Gasteiger partial charge in [0.2, 0.25) is 15.9 Å². The number of sulfonamides is 1. The largest absolute Gasteiger partial charge is 0.355 e. The van der Waals surface area contributed by atoms with Gasteiger partial charge in [0.1, 0.15) is 10.8 Å². The van der Waals surface area contributed by atoms with Crippen LogP contribution < -0.4 is 5.32 Å². The number of nitrogens with one attached hydrogen (secondary N) is 1. The molecule has 4 rings (SSSR count). The topological polar surface area (TPSA) is 79.4 Å². The van der Waals surface area contributed by atoms with Crippen LogP contribution in [0.25, 0.3) is 10.6 Å². The minimum atomic E-state index is -3.75. The molecule has 2 heterocycles. The van der Waals surface area contributed by atoms with E-state index in [1.54, 1.807) is 11.3 Å². The van der Waals surface area contributed by atoms with Crippen molar-refractivity contribution in [2.75, 3.05) is 19.6 Å². The second-order valence-corrected chi connectivity index (χ2v) is 10.5. The highest BCUT2D eigenvalue weighted by Crippen LogP contribution is 2.25. The highest BCUT2D eigenvalue weighted by atomic mass is 32.2. The Labute approximate surface area is 191 Å². The molecule has 1 saturated heterocycles. The smallest absolute Gasteiger partial charge is 0.243 e. The lowest BCUT2D eigenvalue weighted by atomic mass is 9.97. The van der Waals surface area contributed by atoms with Crippen LogP contribution in [-0.4, -0.2) is 43.2 Å².